The van der Waals surface area contributed by atoms with E-state index in [1.807, 2.05) is 12.1 Å². The molecular formula is C18H19F2NO4. The number of benzene rings is 2. The molecule has 2 aromatic rings. The van der Waals surface area contributed by atoms with Gasteiger partial charge in [0.15, 0.2) is 0 Å². The fraction of sp³-hybridized carbons (Fsp3) is 0.278. The number of methoxy groups -OCH3 is 1. The number of para-hydroxylation sites is 1. The summed E-state index contributed by atoms with van der Waals surface area (Å²) >= 11 is 0. The van der Waals surface area contributed by atoms with Crippen LogP contribution in [0, 0.1) is 0 Å². The van der Waals surface area contributed by atoms with E-state index in [9.17, 15) is 13.6 Å². The number of ether oxygens (including phenoxy) is 3. The highest BCUT2D eigenvalue weighted by Gasteiger charge is 2.14. The largest absolute Gasteiger partial charge is 0.491 e. The Kier molecular flexibility index (Phi) is 7.16. The molecule has 0 bridgehead atoms. The van der Waals surface area contributed by atoms with E-state index < -0.39 is 12.5 Å². The molecule has 0 heterocycles. The van der Waals surface area contributed by atoms with Crippen LogP contribution in [0.5, 0.6) is 11.5 Å². The second-order valence-corrected chi connectivity index (χ2v) is 5.04. The summed E-state index contributed by atoms with van der Waals surface area (Å²) in [7, 11) is 1.60. The zero-order valence-electron chi connectivity index (χ0n) is 13.7. The number of hydrogen-bond acceptors (Lipinski definition) is 4. The normalized spacial score (nSPS) is 10.6. The Labute approximate surface area is 144 Å². The monoisotopic (exact) mass is 351 g/mol. The average Bonchev–Trinajstić information content (AvgIpc) is 2.61. The van der Waals surface area contributed by atoms with Gasteiger partial charge < -0.3 is 19.5 Å². The molecular weight excluding hydrogens is 332 g/mol. The number of halogens is 2. The van der Waals surface area contributed by atoms with Crippen LogP contribution in [-0.2, 0) is 11.3 Å². The SMILES string of the molecule is COCCOc1ccc(CNC(=O)c2ccccc2OC(F)F)cc1. The van der Waals surface area contributed by atoms with Gasteiger partial charge in [-0.3, -0.25) is 4.79 Å². The summed E-state index contributed by atoms with van der Waals surface area (Å²) in [5.41, 5.74) is 0.905. The lowest BCUT2D eigenvalue weighted by Crippen LogP contribution is -2.23. The molecule has 0 unspecified atom stereocenters. The van der Waals surface area contributed by atoms with Crippen molar-refractivity contribution in [2.24, 2.45) is 0 Å². The minimum absolute atomic E-state index is 0.0577. The molecule has 0 saturated heterocycles. The van der Waals surface area contributed by atoms with Gasteiger partial charge in [-0.2, -0.15) is 8.78 Å². The van der Waals surface area contributed by atoms with Crippen molar-refractivity contribution in [3.05, 3.63) is 59.7 Å². The number of hydrogen-bond donors (Lipinski definition) is 1. The van der Waals surface area contributed by atoms with Gasteiger partial charge in [0.1, 0.15) is 18.1 Å². The van der Waals surface area contributed by atoms with Crippen LogP contribution in [-0.4, -0.2) is 32.8 Å². The van der Waals surface area contributed by atoms with E-state index in [4.69, 9.17) is 9.47 Å². The summed E-state index contributed by atoms with van der Waals surface area (Å²) in [6.07, 6.45) is 0. The van der Waals surface area contributed by atoms with E-state index in [2.05, 4.69) is 10.1 Å². The first-order valence-corrected chi connectivity index (χ1v) is 7.63. The molecule has 5 nitrogen and oxygen atoms in total. The Bertz CT molecular complexity index is 677. The van der Waals surface area contributed by atoms with Gasteiger partial charge in [0.2, 0.25) is 0 Å². The summed E-state index contributed by atoms with van der Waals surface area (Å²) in [5, 5.41) is 2.68. The molecule has 1 amide bonds. The van der Waals surface area contributed by atoms with Crippen LogP contribution in [0.15, 0.2) is 48.5 Å². The summed E-state index contributed by atoms with van der Waals surface area (Å²) in [6.45, 7) is -1.79. The Morgan fingerprint density at radius 2 is 1.80 bits per heavy atom. The lowest BCUT2D eigenvalue weighted by Gasteiger charge is -2.11. The maximum absolute atomic E-state index is 12.4. The maximum atomic E-state index is 12.4. The van der Waals surface area contributed by atoms with E-state index in [1.165, 1.54) is 18.2 Å². The van der Waals surface area contributed by atoms with Crippen molar-refractivity contribution in [2.75, 3.05) is 20.3 Å². The van der Waals surface area contributed by atoms with Gasteiger partial charge in [-0.25, -0.2) is 0 Å². The van der Waals surface area contributed by atoms with Gasteiger partial charge in [-0.05, 0) is 29.8 Å². The van der Waals surface area contributed by atoms with Crippen molar-refractivity contribution in [2.45, 2.75) is 13.2 Å². The average molecular weight is 351 g/mol. The zero-order chi connectivity index (χ0) is 18.1. The van der Waals surface area contributed by atoms with E-state index in [0.29, 0.717) is 19.0 Å². The van der Waals surface area contributed by atoms with Gasteiger partial charge in [0.25, 0.3) is 5.91 Å². The molecule has 2 aromatic carbocycles. The van der Waals surface area contributed by atoms with Crippen molar-refractivity contribution in [3.8, 4) is 11.5 Å². The van der Waals surface area contributed by atoms with Crippen molar-refractivity contribution >= 4 is 5.91 Å². The fourth-order valence-corrected chi connectivity index (χ4v) is 2.08. The molecule has 1 N–H and O–H groups in total. The number of amides is 1. The third kappa shape index (κ3) is 6.04. The standard InChI is InChI=1S/C18H19F2NO4/c1-23-10-11-24-14-8-6-13(7-9-14)12-21-17(22)15-4-2-3-5-16(15)25-18(19)20/h2-9,18H,10-12H2,1H3,(H,21,22). The van der Waals surface area contributed by atoms with E-state index in [0.717, 1.165) is 5.56 Å². The zero-order valence-corrected chi connectivity index (χ0v) is 13.7. The summed E-state index contributed by atoms with van der Waals surface area (Å²) in [4.78, 5) is 12.2. The molecule has 0 atom stereocenters. The quantitative estimate of drug-likeness (QED) is 0.705. The number of rotatable bonds is 9. The van der Waals surface area contributed by atoms with Crippen LogP contribution < -0.4 is 14.8 Å². The molecule has 7 heteroatoms. The molecule has 0 aliphatic carbocycles. The van der Waals surface area contributed by atoms with Gasteiger partial charge >= 0.3 is 6.61 Å². The van der Waals surface area contributed by atoms with E-state index in [-0.39, 0.29) is 17.9 Å². The molecule has 0 fully saturated rings. The lowest BCUT2D eigenvalue weighted by molar-refractivity contribution is -0.0501. The third-order valence-electron chi connectivity index (χ3n) is 3.28. The van der Waals surface area contributed by atoms with Crippen LogP contribution in [0.4, 0.5) is 8.78 Å². The first-order chi connectivity index (χ1) is 12.1. The number of carbonyl (C=O) groups excluding carboxylic acids is 1. The summed E-state index contributed by atoms with van der Waals surface area (Å²) < 4.78 is 39.5. The predicted molar refractivity (Wildman–Crippen MR) is 88.1 cm³/mol. The first-order valence-electron chi connectivity index (χ1n) is 7.63. The summed E-state index contributed by atoms with van der Waals surface area (Å²) in [5.74, 6) is 0.0522. The molecule has 134 valence electrons. The Balaban J connectivity index is 1.92. The van der Waals surface area contributed by atoms with Crippen LogP contribution in [0.25, 0.3) is 0 Å². The van der Waals surface area contributed by atoms with Gasteiger partial charge in [0, 0.05) is 13.7 Å². The van der Waals surface area contributed by atoms with E-state index in [1.54, 1.807) is 25.3 Å². The number of alkyl halides is 2. The highest BCUT2D eigenvalue weighted by Crippen LogP contribution is 2.20. The topological polar surface area (TPSA) is 56.8 Å². The maximum Gasteiger partial charge on any atom is 0.387 e. The molecule has 2 rings (SSSR count). The van der Waals surface area contributed by atoms with Gasteiger partial charge in [-0.15, -0.1) is 0 Å². The van der Waals surface area contributed by atoms with Crippen molar-refractivity contribution in [1.82, 2.24) is 5.32 Å². The number of nitrogens with one attached hydrogen (secondary N) is 1. The Morgan fingerprint density at radius 3 is 2.48 bits per heavy atom. The Hall–Kier alpha value is -2.67. The van der Waals surface area contributed by atoms with Crippen LogP contribution in [0.2, 0.25) is 0 Å². The van der Waals surface area contributed by atoms with Crippen molar-refractivity contribution < 1.29 is 27.8 Å². The highest BCUT2D eigenvalue weighted by atomic mass is 19.3. The molecule has 0 aromatic heterocycles. The van der Waals surface area contributed by atoms with Crippen LogP contribution in [0.3, 0.4) is 0 Å². The third-order valence-corrected chi connectivity index (χ3v) is 3.28. The van der Waals surface area contributed by atoms with Crippen molar-refractivity contribution in [3.63, 3.8) is 0 Å². The van der Waals surface area contributed by atoms with Gasteiger partial charge in [0.05, 0.1) is 12.2 Å². The second kappa shape index (κ2) is 9.58. The molecule has 0 aliphatic rings. The summed E-state index contributed by atoms with van der Waals surface area (Å²) in [6, 6.07) is 13.0. The molecule has 0 spiro atoms. The molecule has 0 saturated carbocycles. The first kappa shape index (κ1) is 18.7. The van der Waals surface area contributed by atoms with Crippen molar-refractivity contribution in [1.29, 1.82) is 0 Å². The lowest BCUT2D eigenvalue weighted by atomic mass is 10.1. The predicted octanol–water partition coefficient (Wildman–Crippen LogP) is 3.24. The molecule has 0 aliphatic heterocycles. The van der Waals surface area contributed by atoms with Crippen LogP contribution in [0.1, 0.15) is 15.9 Å². The highest BCUT2D eigenvalue weighted by molar-refractivity contribution is 5.96. The number of carbonyl (C=O) groups is 1. The fourth-order valence-electron chi connectivity index (χ4n) is 2.08. The second-order valence-electron chi connectivity index (χ2n) is 5.04. The van der Waals surface area contributed by atoms with E-state index >= 15 is 0 Å². The van der Waals surface area contributed by atoms with Crippen LogP contribution >= 0.6 is 0 Å². The molecule has 25 heavy (non-hydrogen) atoms. The molecule has 0 radical (unpaired) electrons. The van der Waals surface area contributed by atoms with Gasteiger partial charge in [-0.1, -0.05) is 24.3 Å². The minimum Gasteiger partial charge on any atom is -0.491 e. The smallest absolute Gasteiger partial charge is 0.387 e. The Morgan fingerprint density at radius 1 is 1.08 bits per heavy atom. The minimum atomic E-state index is -2.99.